The fourth-order valence-corrected chi connectivity index (χ4v) is 2.85. The second-order valence-corrected chi connectivity index (χ2v) is 6.25. The molecule has 0 heterocycles. The molecule has 1 aromatic carbocycles. The van der Waals surface area contributed by atoms with Crippen molar-refractivity contribution in [1.29, 1.82) is 0 Å². The van der Waals surface area contributed by atoms with E-state index < -0.39 is 0 Å². The second-order valence-electron chi connectivity index (χ2n) is 5.39. The Morgan fingerprint density at radius 3 is 2.67 bits per heavy atom. The molecule has 0 aromatic heterocycles. The minimum atomic E-state index is 0.307. The molecule has 0 saturated heterocycles. The van der Waals surface area contributed by atoms with E-state index in [4.69, 9.17) is 14.2 Å². The van der Waals surface area contributed by atoms with Crippen LogP contribution in [0.2, 0.25) is 0 Å². The highest BCUT2D eigenvalue weighted by molar-refractivity contribution is 9.10. The van der Waals surface area contributed by atoms with Crippen LogP contribution >= 0.6 is 15.9 Å². The van der Waals surface area contributed by atoms with Gasteiger partial charge in [-0.25, -0.2) is 0 Å². The quantitative estimate of drug-likeness (QED) is 0.684. The molecule has 0 spiro atoms. The van der Waals surface area contributed by atoms with E-state index in [0.717, 1.165) is 22.4 Å². The third kappa shape index (κ3) is 4.87. The Balaban J connectivity index is 2.09. The Kier molecular flexibility index (Phi) is 6.33. The number of benzene rings is 1. The molecule has 21 heavy (non-hydrogen) atoms. The van der Waals surface area contributed by atoms with E-state index in [2.05, 4.69) is 40.3 Å². The first-order valence-electron chi connectivity index (χ1n) is 7.41. The van der Waals surface area contributed by atoms with Crippen LogP contribution in [-0.4, -0.2) is 33.5 Å². The molecule has 0 amide bonds. The third-order valence-electron chi connectivity index (χ3n) is 3.55. The molecule has 2 rings (SSSR count). The molecule has 1 unspecified atom stereocenters. The number of nitrogens with one attached hydrogen (secondary N) is 1. The second kappa shape index (κ2) is 8.01. The number of hydrogen-bond donors (Lipinski definition) is 1. The molecule has 1 N–H and O–H groups in total. The highest BCUT2D eigenvalue weighted by Crippen LogP contribution is 2.38. The lowest BCUT2D eigenvalue weighted by molar-refractivity contribution is 0.170. The van der Waals surface area contributed by atoms with Gasteiger partial charge in [0.15, 0.2) is 11.5 Å². The van der Waals surface area contributed by atoms with Crippen molar-refractivity contribution in [3.63, 3.8) is 0 Å². The third-order valence-corrected chi connectivity index (χ3v) is 4.14. The zero-order chi connectivity index (χ0) is 15.2. The Bertz CT molecular complexity index is 463. The van der Waals surface area contributed by atoms with Gasteiger partial charge in [-0.05, 0) is 53.4 Å². The monoisotopic (exact) mass is 357 g/mol. The van der Waals surface area contributed by atoms with Crippen molar-refractivity contribution in [2.45, 2.75) is 38.3 Å². The van der Waals surface area contributed by atoms with Gasteiger partial charge in [-0.15, -0.1) is 0 Å². The summed E-state index contributed by atoms with van der Waals surface area (Å²) in [7, 11) is 3.36. The predicted molar refractivity (Wildman–Crippen MR) is 87.3 cm³/mol. The maximum Gasteiger partial charge on any atom is 0.174 e. The van der Waals surface area contributed by atoms with Gasteiger partial charge in [-0.2, -0.15) is 0 Å². The van der Waals surface area contributed by atoms with Crippen LogP contribution in [0.15, 0.2) is 16.6 Å². The summed E-state index contributed by atoms with van der Waals surface area (Å²) in [6, 6.07) is 5.14. The van der Waals surface area contributed by atoms with Crippen LogP contribution in [0.3, 0.4) is 0 Å². The van der Waals surface area contributed by atoms with Crippen LogP contribution < -0.4 is 14.8 Å². The van der Waals surface area contributed by atoms with E-state index in [1.165, 1.54) is 18.4 Å². The molecule has 0 aliphatic heterocycles. The smallest absolute Gasteiger partial charge is 0.174 e. The van der Waals surface area contributed by atoms with Gasteiger partial charge in [-0.1, -0.05) is 0 Å². The van der Waals surface area contributed by atoms with Crippen LogP contribution in [0.5, 0.6) is 11.5 Å². The Morgan fingerprint density at radius 1 is 1.29 bits per heavy atom. The average molecular weight is 358 g/mol. The largest absolute Gasteiger partial charge is 0.492 e. The van der Waals surface area contributed by atoms with Gasteiger partial charge >= 0.3 is 0 Å². The van der Waals surface area contributed by atoms with E-state index in [1.54, 1.807) is 14.2 Å². The lowest BCUT2D eigenvalue weighted by atomic mass is 10.1. The average Bonchev–Trinajstić information content (AvgIpc) is 3.27. The van der Waals surface area contributed by atoms with Gasteiger partial charge in [0.1, 0.15) is 0 Å². The zero-order valence-corrected chi connectivity index (χ0v) is 14.5. The minimum absolute atomic E-state index is 0.307. The molecule has 118 valence electrons. The number of halogens is 1. The van der Waals surface area contributed by atoms with E-state index in [-0.39, 0.29) is 0 Å². The molecule has 1 aliphatic carbocycles. The molecular formula is C16H24BrNO3. The SMILES string of the molecule is COCCCOc1cc(C(C)NC2CC2)cc(Br)c1OC. The number of rotatable bonds is 9. The Labute approximate surface area is 135 Å². The zero-order valence-electron chi connectivity index (χ0n) is 12.9. The first-order valence-corrected chi connectivity index (χ1v) is 8.20. The fourth-order valence-electron chi connectivity index (χ4n) is 2.23. The van der Waals surface area contributed by atoms with Gasteiger partial charge in [0, 0.05) is 32.2 Å². The summed E-state index contributed by atoms with van der Waals surface area (Å²) >= 11 is 3.57. The predicted octanol–water partition coefficient (Wildman–Crippen LogP) is 3.69. The molecule has 1 atom stereocenters. The Morgan fingerprint density at radius 2 is 2.05 bits per heavy atom. The van der Waals surface area contributed by atoms with E-state index in [0.29, 0.717) is 25.3 Å². The number of methoxy groups -OCH3 is 2. The summed E-state index contributed by atoms with van der Waals surface area (Å²) in [4.78, 5) is 0. The minimum Gasteiger partial charge on any atom is -0.492 e. The summed E-state index contributed by atoms with van der Waals surface area (Å²) in [5.74, 6) is 1.53. The standard InChI is InChI=1S/C16H24BrNO3/c1-11(18-13-5-6-13)12-9-14(17)16(20-3)15(10-12)21-8-4-7-19-2/h9-11,13,18H,4-8H2,1-3H3. The van der Waals surface area contributed by atoms with Gasteiger partial charge in [0.25, 0.3) is 0 Å². The van der Waals surface area contributed by atoms with Crippen molar-refractivity contribution >= 4 is 15.9 Å². The molecule has 0 radical (unpaired) electrons. The lowest BCUT2D eigenvalue weighted by Crippen LogP contribution is -2.20. The van der Waals surface area contributed by atoms with E-state index in [1.807, 2.05) is 0 Å². The van der Waals surface area contributed by atoms with Crippen LogP contribution in [0, 0.1) is 0 Å². The van der Waals surface area contributed by atoms with Gasteiger partial charge in [0.2, 0.25) is 0 Å². The highest BCUT2D eigenvalue weighted by atomic mass is 79.9. The highest BCUT2D eigenvalue weighted by Gasteiger charge is 2.24. The lowest BCUT2D eigenvalue weighted by Gasteiger charge is -2.18. The number of ether oxygens (including phenoxy) is 3. The Hall–Kier alpha value is -0.780. The van der Waals surface area contributed by atoms with Crippen molar-refractivity contribution in [1.82, 2.24) is 5.32 Å². The first-order chi connectivity index (χ1) is 10.2. The van der Waals surface area contributed by atoms with Gasteiger partial charge in [0.05, 0.1) is 18.2 Å². The normalized spacial score (nSPS) is 15.8. The molecule has 0 bridgehead atoms. The van der Waals surface area contributed by atoms with Crippen LogP contribution in [-0.2, 0) is 4.74 Å². The maximum atomic E-state index is 5.86. The van der Waals surface area contributed by atoms with Gasteiger partial charge in [-0.3, -0.25) is 0 Å². The first kappa shape index (κ1) is 16.6. The topological polar surface area (TPSA) is 39.7 Å². The van der Waals surface area contributed by atoms with Crippen molar-refractivity contribution in [3.8, 4) is 11.5 Å². The van der Waals surface area contributed by atoms with Gasteiger partial charge < -0.3 is 19.5 Å². The van der Waals surface area contributed by atoms with Crippen LogP contribution in [0.25, 0.3) is 0 Å². The molecule has 5 heteroatoms. The summed E-state index contributed by atoms with van der Waals surface area (Å²) in [6.07, 6.45) is 3.42. The van der Waals surface area contributed by atoms with E-state index in [9.17, 15) is 0 Å². The van der Waals surface area contributed by atoms with Crippen LogP contribution in [0.4, 0.5) is 0 Å². The van der Waals surface area contributed by atoms with Crippen molar-refractivity contribution in [2.75, 3.05) is 27.4 Å². The van der Waals surface area contributed by atoms with Crippen molar-refractivity contribution < 1.29 is 14.2 Å². The molecule has 1 aliphatic rings. The molecule has 1 saturated carbocycles. The summed E-state index contributed by atoms with van der Waals surface area (Å²) in [6.45, 7) is 3.49. The molecule has 1 fully saturated rings. The van der Waals surface area contributed by atoms with Crippen molar-refractivity contribution in [2.24, 2.45) is 0 Å². The maximum absolute atomic E-state index is 5.86. The summed E-state index contributed by atoms with van der Waals surface area (Å²) in [5, 5.41) is 3.60. The molecular weight excluding hydrogens is 334 g/mol. The molecule has 4 nitrogen and oxygen atoms in total. The van der Waals surface area contributed by atoms with E-state index >= 15 is 0 Å². The number of hydrogen-bond acceptors (Lipinski definition) is 4. The summed E-state index contributed by atoms with van der Waals surface area (Å²) < 4.78 is 17.3. The fraction of sp³-hybridized carbons (Fsp3) is 0.625. The summed E-state index contributed by atoms with van der Waals surface area (Å²) in [5.41, 5.74) is 1.20. The van der Waals surface area contributed by atoms with Crippen molar-refractivity contribution in [3.05, 3.63) is 22.2 Å². The molecule has 1 aromatic rings. The van der Waals surface area contributed by atoms with Crippen LogP contribution in [0.1, 0.15) is 37.8 Å².